The van der Waals surface area contributed by atoms with E-state index in [1.807, 2.05) is 66.6 Å². The van der Waals surface area contributed by atoms with Gasteiger partial charge in [0.15, 0.2) is 11.6 Å². The van der Waals surface area contributed by atoms with Crippen molar-refractivity contribution < 1.29 is 9.53 Å². The molecule has 1 saturated heterocycles. The van der Waals surface area contributed by atoms with Gasteiger partial charge in [-0.15, -0.1) is 5.10 Å². The fourth-order valence-corrected chi connectivity index (χ4v) is 4.14. The molecule has 0 aliphatic carbocycles. The molecule has 0 radical (unpaired) electrons. The molecule has 1 atom stereocenters. The second-order valence-corrected chi connectivity index (χ2v) is 8.58. The molecular weight excluding hydrogens is 444 g/mol. The minimum atomic E-state index is -0.708. The molecule has 1 fully saturated rings. The van der Waals surface area contributed by atoms with Gasteiger partial charge >= 0.3 is 0 Å². The van der Waals surface area contributed by atoms with Gasteiger partial charge in [-0.25, -0.2) is 4.52 Å². The molecule has 10 heteroatoms. The number of rotatable bonds is 7. The number of nitrogens with zero attached hydrogens (tertiary/aromatic N) is 6. The van der Waals surface area contributed by atoms with Gasteiger partial charge in [0.1, 0.15) is 5.52 Å². The first-order chi connectivity index (χ1) is 17.0. The van der Waals surface area contributed by atoms with Gasteiger partial charge in [-0.1, -0.05) is 36.9 Å². The van der Waals surface area contributed by atoms with E-state index < -0.39 is 6.10 Å². The second kappa shape index (κ2) is 9.49. The molecule has 35 heavy (non-hydrogen) atoms. The summed E-state index contributed by atoms with van der Waals surface area (Å²) < 4.78 is 7.63. The Balaban J connectivity index is 1.32. The molecule has 0 bridgehead atoms. The van der Waals surface area contributed by atoms with E-state index in [1.165, 1.54) is 0 Å². The first-order valence-corrected chi connectivity index (χ1v) is 11.5. The summed E-state index contributed by atoms with van der Waals surface area (Å²) in [6.45, 7) is 9.81. The van der Waals surface area contributed by atoms with Gasteiger partial charge in [-0.2, -0.15) is 10.1 Å². The fourth-order valence-electron chi connectivity index (χ4n) is 4.14. The zero-order valence-corrected chi connectivity index (χ0v) is 19.8. The van der Waals surface area contributed by atoms with E-state index in [0.717, 1.165) is 16.8 Å². The standard InChI is InChI=1S/C25H28N8O2/c1-17(2)35-22(19-8-5-4-6-9-19)24(34)31-12-14-32(15-13-31)25-27-23(20-10-7-11-33(20)30-25)26-21-16-18(3)28-29-21/h4-11,16,22H,1,12-15H2,2-3H3,(H2,26,27,28,29,30)/t22-/m1/s1. The number of H-pyrrole nitrogens is 1. The molecule has 1 amide bonds. The third-order valence-corrected chi connectivity index (χ3v) is 5.85. The molecule has 10 nitrogen and oxygen atoms in total. The van der Waals surface area contributed by atoms with Crippen molar-refractivity contribution in [3.05, 3.63) is 78.3 Å². The Morgan fingerprint density at radius 2 is 1.91 bits per heavy atom. The maximum Gasteiger partial charge on any atom is 0.268 e. The third kappa shape index (κ3) is 4.81. The van der Waals surface area contributed by atoms with Crippen molar-refractivity contribution in [1.29, 1.82) is 0 Å². The van der Waals surface area contributed by atoms with E-state index in [1.54, 1.807) is 11.4 Å². The van der Waals surface area contributed by atoms with Crippen molar-refractivity contribution >= 4 is 29.0 Å². The quantitative estimate of drug-likeness (QED) is 0.397. The lowest BCUT2D eigenvalue weighted by molar-refractivity contribution is -0.142. The number of benzene rings is 1. The number of amides is 1. The van der Waals surface area contributed by atoms with E-state index in [9.17, 15) is 4.79 Å². The smallest absolute Gasteiger partial charge is 0.268 e. The highest BCUT2D eigenvalue weighted by atomic mass is 16.5. The number of hydrogen-bond donors (Lipinski definition) is 2. The van der Waals surface area contributed by atoms with Crippen LogP contribution in [0.1, 0.15) is 24.3 Å². The number of aromatic amines is 1. The summed E-state index contributed by atoms with van der Waals surface area (Å²) in [4.78, 5) is 22.1. The van der Waals surface area contributed by atoms with Crippen LogP contribution in [0.15, 0.2) is 67.1 Å². The predicted molar refractivity (Wildman–Crippen MR) is 133 cm³/mol. The molecule has 2 N–H and O–H groups in total. The van der Waals surface area contributed by atoms with Crippen LogP contribution in [0.4, 0.5) is 17.6 Å². The minimum Gasteiger partial charge on any atom is -0.481 e. The van der Waals surface area contributed by atoms with E-state index >= 15 is 0 Å². The normalized spacial score (nSPS) is 14.7. The number of anilines is 3. The Morgan fingerprint density at radius 3 is 2.60 bits per heavy atom. The SMILES string of the molecule is C=C(C)O[C@@H](C(=O)N1CCN(c2nc(Nc3cc(C)[nH]n3)c3cccn3n2)CC1)c1ccccc1. The van der Waals surface area contributed by atoms with Crippen molar-refractivity contribution in [2.24, 2.45) is 0 Å². The van der Waals surface area contributed by atoms with Gasteiger partial charge in [0.25, 0.3) is 5.91 Å². The zero-order chi connectivity index (χ0) is 24.4. The van der Waals surface area contributed by atoms with Crippen LogP contribution in [0.2, 0.25) is 0 Å². The van der Waals surface area contributed by atoms with Crippen molar-refractivity contribution in [2.75, 3.05) is 36.4 Å². The lowest BCUT2D eigenvalue weighted by atomic mass is 10.1. The summed E-state index contributed by atoms with van der Waals surface area (Å²) in [6, 6.07) is 15.3. The molecular formula is C25H28N8O2. The molecule has 4 heterocycles. The first kappa shape index (κ1) is 22.5. The number of piperazine rings is 1. The van der Waals surface area contributed by atoms with Crippen LogP contribution in [-0.4, -0.2) is 61.8 Å². The van der Waals surface area contributed by atoms with Crippen LogP contribution in [0.5, 0.6) is 0 Å². The van der Waals surface area contributed by atoms with Crippen molar-refractivity contribution in [2.45, 2.75) is 20.0 Å². The highest BCUT2D eigenvalue weighted by Gasteiger charge is 2.31. The minimum absolute atomic E-state index is 0.0723. The van der Waals surface area contributed by atoms with Crippen molar-refractivity contribution in [3.8, 4) is 0 Å². The van der Waals surface area contributed by atoms with Crippen molar-refractivity contribution in [1.82, 2.24) is 29.7 Å². The topological polar surface area (TPSA) is 104 Å². The molecule has 1 aliphatic rings. The maximum atomic E-state index is 13.4. The lowest BCUT2D eigenvalue weighted by Crippen LogP contribution is -2.50. The number of hydrogen-bond acceptors (Lipinski definition) is 7. The van der Waals surface area contributed by atoms with Crippen LogP contribution >= 0.6 is 0 Å². The summed E-state index contributed by atoms with van der Waals surface area (Å²) >= 11 is 0. The number of carbonyl (C=O) groups is 1. The largest absolute Gasteiger partial charge is 0.481 e. The van der Waals surface area contributed by atoms with Crippen LogP contribution in [0.3, 0.4) is 0 Å². The molecule has 5 rings (SSSR count). The van der Waals surface area contributed by atoms with Gasteiger partial charge in [0.2, 0.25) is 12.1 Å². The number of ether oxygens (including phenoxy) is 1. The highest BCUT2D eigenvalue weighted by Crippen LogP contribution is 2.25. The van der Waals surface area contributed by atoms with Crippen LogP contribution in [0.25, 0.3) is 5.52 Å². The van der Waals surface area contributed by atoms with E-state index in [4.69, 9.17) is 9.72 Å². The summed E-state index contributed by atoms with van der Waals surface area (Å²) in [5.74, 6) is 2.38. The van der Waals surface area contributed by atoms with E-state index in [0.29, 0.717) is 49.5 Å². The molecule has 0 saturated carbocycles. The highest BCUT2D eigenvalue weighted by molar-refractivity contribution is 5.83. The van der Waals surface area contributed by atoms with Crippen molar-refractivity contribution in [3.63, 3.8) is 0 Å². The fraction of sp³-hybridized carbons (Fsp3) is 0.280. The lowest BCUT2D eigenvalue weighted by Gasteiger charge is -2.36. The zero-order valence-electron chi connectivity index (χ0n) is 19.8. The second-order valence-electron chi connectivity index (χ2n) is 8.58. The Bertz CT molecular complexity index is 1340. The average molecular weight is 473 g/mol. The molecule has 1 aliphatic heterocycles. The first-order valence-electron chi connectivity index (χ1n) is 11.5. The Hall–Kier alpha value is -4.34. The number of fused-ring (bicyclic) bond motifs is 1. The van der Waals surface area contributed by atoms with E-state index in [-0.39, 0.29) is 5.91 Å². The summed E-state index contributed by atoms with van der Waals surface area (Å²) in [7, 11) is 0. The van der Waals surface area contributed by atoms with Gasteiger partial charge in [0, 0.05) is 49.7 Å². The number of allylic oxidation sites excluding steroid dienone is 1. The summed E-state index contributed by atoms with van der Waals surface area (Å²) in [5.41, 5.74) is 2.62. The molecule has 4 aromatic rings. The van der Waals surface area contributed by atoms with Crippen LogP contribution in [-0.2, 0) is 9.53 Å². The molecule has 0 unspecified atom stereocenters. The molecule has 1 aromatic carbocycles. The Morgan fingerprint density at radius 1 is 1.14 bits per heavy atom. The monoisotopic (exact) mass is 472 g/mol. The average Bonchev–Trinajstić information content (AvgIpc) is 3.51. The number of aromatic nitrogens is 5. The number of aryl methyl sites for hydroxylation is 1. The maximum absolute atomic E-state index is 13.4. The summed E-state index contributed by atoms with van der Waals surface area (Å²) in [6.07, 6.45) is 1.18. The number of nitrogens with one attached hydrogen (secondary N) is 2. The molecule has 180 valence electrons. The van der Waals surface area contributed by atoms with Gasteiger partial charge in [-0.3, -0.25) is 9.89 Å². The Labute approximate surface area is 203 Å². The number of carbonyl (C=O) groups excluding carboxylic acids is 1. The van der Waals surface area contributed by atoms with Gasteiger partial charge in [-0.05, 0) is 26.0 Å². The summed E-state index contributed by atoms with van der Waals surface area (Å²) in [5, 5.41) is 15.1. The van der Waals surface area contributed by atoms with Gasteiger partial charge < -0.3 is 19.9 Å². The Kier molecular flexibility index (Phi) is 6.09. The van der Waals surface area contributed by atoms with E-state index in [2.05, 4.69) is 32.1 Å². The third-order valence-electron chi connectivity index (χ3n) is 5.85. The molecule has 3 aromatic heterocycles. The van der Waals surface area contributed by atoms with Crippen LogP contribution < -0.4 is 10.2 Å². The van der Waals surface area contributed by atoms with Crippen LogP contribution in [0, 0.1) is 6.92 Å². The molecule has 0 spiro atoms. The predicted octanol–water partition coefficient (Wildman–Crippen LogP) is 3.44. The van der Waals surface area contributed by atoms with Gasteiger partial charge in [0.05, 0.1) is 5.76 Å².